The fraction of sp³-hybridized carbons (Fsp3) is 0.520. The molecule has 2 aromatic rings. The van der Waals surface area contributed by atoms with Gasteiger partial charge in [0.15, 0.2) is 0 Å². The van der Waals surface area contributed by atoms with Gasteiger partial charge in [0.25, 0.3) is 5.91 Å². The molecule has 1 saturated heterocycles. The van der Waals surface area contributed by atoms with E-state index in [4.69, 9.17) is 4.74 Å². The fourth-order valence-electron chi connectivity index (χ4n) is 4.36. The molecule has 0 spiro atoms. The molecule has 0 aliphatic carbocycles. The van der Waals surface area contributed by atoms with Crippen LogP contribution in [0.1, 0.15) is 53.6 Å². The molecular weight excluding hydrogens is 422 g/mol. The molecule has 0 saturated carbocycles. The third-order valence-electron chi connectivity index (χ3n) is 6.00. The lowest BCUT2D eigenvalue weighted by Gasteiger charge is -2.25. The van der Waals surface area contributed by atoms with Crippen LogP contribution in [-0.4, -0.2) is 60.1 Å². The van der Waals surface area contributed by atoms with Crippen LogP contribution in [0.5, 0.6) is 0 Å². The number of rotatable bonds is 3. The van der Waals surface area contributed by atoms with E-state index in [0.29, 0.717) is 13.1 Å². The molecule has 172 valence electrons. The number of fused-ring (bicyclic) bond motifs is 1. The highest BCUT2D eigenvalue weighted by molar-refractivity contribution is 7.17. The predicted molar refractivity (Wildman–Crippen MR) is 128 cm³/mol. The first-order valence-corrected chi connectivity index (χ1v) is 12.1. The molecule has 0 radical (unpaired) electrons. The van der Waals surface area contributed by atoms with Crippen molar-refractivity contribution in [2.75, 3.05) is 26.7 Å². The number of hydrogen-bond donors (Lipinski definition) is 1. The Balaban J connectivity index is 1.43. The lowest BCUT2D eigenvalue weighted by Crippen LogP contribution is -2.41. The first kappa shape index (κ1) is 22.8. The second kappa shape index (κ2) is 8.87. The van der Waals surface area contributed by atoms with E-state index in [9.17, 15) is 9.59 Å². The zero-order valence-electron chi connectivity index (χ0n) is 19.7. The number of amides is 2. The number of likely N-dealkylation sites (N-methyl/N-ethyl adjacent to an activating group) is 1. The van der Waals surface area contributed by atoms with Crippen LogP contribution < -0.4 is 5.32 Å². The highest BCUT2D eigenvalue weighted by Gasteiger charge is 2.31. The Kier molecular flexibility index (Phi) is 6.32. The smallest absolute Gasteiger partial charge is 0.407 e. The Morgan fingerprint density at radius 3 is 2.69 bits per heavy atom. The number of ether oxygens (including phenoxy) is 1. The van der Waals surface area contributed by atoms with Crippen molar-refractivity contribution in [3.05, 3.63) is 45.8 Å². The summed E-state index contributed by atoms with van der Waals surface area (Å²) >= 11 is 1.57. The molecule has 1 N–H and O–H groups in total. The molecule has 4 rings (SSSR count). The molecule has 2 aliphatic heterocycles. The molecule has 32 heavy (non-hydrogen) atoms. The van der Waals surface area contributed by atoms with Crippen molar-refractivity contribution in [1.29, 1.82) is 0 Å². The first-order valence-electron chi connectivity index (χ1n) is 11.3. The van der Waals surface area contributed by atoms with Gasteiger partial charge in [-0.15, -0.1) is 11.3 Å². The van der Waals surface area contributed by atoms with E-state index in [-0.39, 0.29) is 11.9 Å². The Labute approximate surface area is 194 Å². The van der Waals surface area contributed by atoms with Gasteiger partial charge in [0.05, 0.1) is 10.9 Å². The van der Waals surface area contributed by atoms with Crippen LogP contribution in [0.4, 0.5) is 4.79 Å². The largest absolute Gasteiger partial charge is 0.444 e. The predicted octanol–water partition coefficient (Wildman–Crippen LogP) is 4.45. The van der Waals surface area contributed by atoms with Gasteiger partial charge >= 0.3 is 6.09 Å². The average Bonchev–Trinajstić information content (AvgIpc) is 3.32. The molecule has 2 amide bonds. The summed E-state index contributed by atoms with van der Waals surface area (Å²) in [4.78, 5) is 31.4. The lowest BCUT2D eigenvalue weighted by molar-refractivity contribution is 0.0502. The van der Waals surface area contributed by atoms with Gasteiger partial charge in [0, 0.05) is 31.1 Å². The normalized spacial score (nSPS) is 19.0. The Hall–Kier alpha value is -2.38. The van der Waals surface area contributed by atoms with Crippen LogP contribution in [0.15, 0.2) is 24.3 Å². The standard InChI is InChI=1S/C25H33N3O3S/c1-16-12-21(18-6-7-19-14-27(5)10-8-17(19)13-18)32-22(16)23(29)28-11-9-20(15-28)26-24(30)31-25(2,3)4/h6-7,12-13,20H,8-11,14-15H2,1-5H3,(H,26,30)/t20-/m0/s1. The highest BCUT2D eigenvalue weighted by atomic mass is 32.1. The second-order valence-corrected chi connectivity index (χ2v) is 11.0. The van der Waals surface area contributed by atoms with Crippen LogP contribution in [-0.2, 0) is 17.7 Å². The molecule has 0 unspecified atom stereocenters. The summed E-state index contributed by atoms with van der Waals surface area (Å²) in [7, 11) is 2.16. The Bertz CT molecular complexity index is 1020. The lowest BCUT2D eigenvalue weighted by atomic mass is 9.97. The first-order chi connectivity index (χ1) is 15.1. The molecule has 1 atom stereocenters. The summed E-state index contributed by atoms with van der Waals surface area (Å²) in [5.74, 6) is 0.0480. The molecular formula is C25H33N3O3S. The zero-order valence-corrected chi connectivity index (χ0v) is 20.5. The zero-order chi connectivity index (χ0) is 23.0. The van der Waals surface area contributed by atoms with Crippen LogP contribution >= 0.6 is 11.3 Å². The number of carbonyl (C=O) groups excluding carboxylic acids is 2. The van der Waals surface area contributed by atoms with Gasteiger partial charge in [0.2, 0.25) is 0 Å². The minimum absolute atomic E-state index is 0.0480. The van der Waals surface area contributed by atoms with Crippen LogP contribution in [0.2, 0.25) is 0 Å². The van der Waals surface area contributed by atoms with E-state index in [1.54, 1.807) is 11.3 Å². The number of thiophene rings is 1. The number of carbonyl (C=O) groups is 2. The van der Waals surface area contributed by atoms with Crippen LogP contribution in [0.3, 0.4) is 0 Å². The van der Waals surface area contributed by atoms with E-state index in [1.165, 1.54) is 16.7 Å². The van der Waals surface area contributed by atoms with E-state index in [1.807, 2.05) is 32.6 Å². The molecule has 1 aromatic carbocycles. The Morgan fingerprint density at radius 1 is 1.16 bits per heavy atom. The van der Waals surface area contributed by atoms with Crippen molar-refractivity contribution in [3.63, 3.8) is 0 Å². The van der Waals surface area contributed by atoms with Crippen LogP contribution in [0, 0.1) is 6.92 Å². The van der Waals surface area contributed by atoms with Crippen molar-refractivity contribution < 1.29 is 14.3 Å². The number of likely N-dealkylation sites (tertiary alicyclic amines) is 1. The van der Waals surface area contributed by atoms with Gasteiger partial charge in [-0.2, -0.15) is 0 Å². The van der Waals surface area contributed by atoms with Crippen molar-refractivity contribution >= 4 is 23.3 Å². The summed E-state index contributed by atoms with van der Waals surface area (Å²) in [5.41, 5.74) is 4.47. The number of alkyl carbamates (subject to hydrolysis) is 1. The summed E-state index contributed by atoms with van der Waals surface area (Å²) in [5, 5.41) is 2.89. The quantitative estimate of drug-likeness (QED) is 0.743. The summed E-state index contributed by atoms with van der Waals surface area (Å²) in [6, 6.07) is 8.74. The number of aryl methyl sites for hydroxylation is 1. The van der Waals surface area contributed by atoms with Crippen molar-refractivity contribution in [3.8, 4) is 10.4 Å². The summed E-state index contributed by atoms with van der Waals surface area (Å²) in [6.45, 7) is 10.8. The monoisotopic (exact) mass is 455 g/mol. The van der Waals surface area contributed by atoms with E-state index < -0.39 is 11.7 Å². The molecule has 6 nitrogen and oxygen atoms in total. The van der Waals surface area contributed by atoms with Gasteiger partial charge in [0.1, 0.15) is 5.60 Å². The van der Waals surface area contributed by atoms with Gasteiger partial charge in [-0.25, -0.2) is 4.79 Å². The minimum Gasteiger partial charge on any atom is -0.444 e. The third-order valence-corrected chi connectivity index (χ3v) is 7.28. The fourth-order valence-corrected chi connectivity index (χ4v) is 5.50. The number of hydrogen-bond acceptors (Lipinski definition) is 5. The molecule has 1 fully saturated rings. The number of nitrogens with one attached hydrogen (secondary N) is 1. The van der Waals surface area contributed by atoms with E-state index >= 15 is 0 Å². The van der Waals surface area contributed by atoms with Gasteiger partial charge < -0.3 is 19.9 Å². The molecule has 2 aliphatic rings. The van der Waals surface area contributed by atoms with Crippen molar-refractivity contribution in [2.24, 2.45) is 0 Å². The van der Waals surface area contributed by atoms with Crippen molar-refractivity contribution in [2.45, 2.75) is 58.7 Å². The second-order valence-electron chi connectivity index (χ2n) is 9.98. The highest BCUT2D eigenvalue weighted by Crippen LogP contribution is 2.34. The molecule has 3 heterocycles. The maximum atomic E-state index is 13.2. The average molecular weight is 456 g/mol. The molecule has 7 heteroatoms. The van der Waals surface area contributed by atoms with Gasteiger partial charge in [-0.1, -0.05) is 12.1 Å². The topological polar surface area (TPSA) is 61.9 Å². The summed E-state index contributed by atoms with van der Waals surface area (Å²) < 4.78 is 5.34. The maximum absolute atomic E-state index is 13.2. The maximum Gasteiger partial charge on any atom is 0.407 e. The summed E-state index contributed by atoms with van der Waals surface area (Å²) in [6.07, 6.45) is 1.38. The SMILES string of the molecule is Cc1cc(-c2ccc3c(c2)CCN(C)C3)sc1C(=O)N1CC[C@H](NC(=O)OC(C)(C)C)C1. The van der Waals surface area contributed by atoms with E-state index in [2.05, 4.69) is 41.5 Å². The third kappa shape index (κ3) is 5.15. The van der Waals surface area contributed by atoms with Gasteiger partial charge in [-0.05, 0) is 82.0 Å². The molecule has 0 bridgehead atoms. The van der Waals surface area contributed by atoms with E-state index in [0.717, 1.165) is 41.2 Å². The Morgan fingerprint density at radius 2 is 1.94 bits per heavy atom. The van der Waals surface area contributed by atoms with Crippen LogP contribution in [0.25, 0.3) is 10.4 Å². The molecule has 1 aromatic heterocycles. The number of nitrogens with zero attached hydrogens (tertiary/aromatic N) is 2. The minimum atomic E-state index is -0.532. The van der Waals surface area contributed by atoms with Gasteiger partial charge in [-0.3, -0.25) is 4.79 Å². The van der Waals surface area contributed by atoms with Crippen molar-refractivity contribution in [1.82, 2.24) is 15.1 Å². The number of benzene rings is 1.